The Hall–Kier alpha value is -3.04. The van der Waals surface area contributed by atoms with Gasteiger partial charge in [0.25, 0.3) is 0 Å². The van der Waals surface area contributed by atoms with E-state index >= 15 is 0 Å². The maximum atomic E-state index is 12.0. The quantitative estimate of drug-likeness (QED) is 0.834. The topological polar surface area (TPSA) is 76.6 Å². The third kappa shape index (κ3) is 3.22. The zero-order valence-corrected chi connectivity index (χ0v) is 15.4. The Balaban J connectivity index is 1.83. The number of hydrogen-bond donors (Lipinski definition) is 1. The summed E-state index contributed by atoms with van der Waals surface area (Å²) in [6.45, 7) is 3.42. The molecule has 1 saturated heterocycles. The number of likely N-dealkylation sites (N-methyl/N-ethyl adjacent to an activating group) is 1. The minimum atomic E-state index is -0.381. The predicted molar refractivity (Wildman–Crippen MR) is 103 cm³/mol. The third-order valence-electron chi connectivity index (χ3n) is 5.55. The van der Waals surface area contributed by atoms with Gasteiger partial charge >= 0.3 is 6.03 Å². The Bertz CT molecular complexity index is 905. The molecule has 0 spiro atoms. The van der Waals surface area contributed by atoms with E-state index in [-0.39, 0.29) is 12.1 Å². The molecule has 2 aromatic carbocycles. The van der Waals surface area contributed by atoms with Gasteiger partial charge in [-0.1, -0.05) is 36.4 Å². The zero-order chi connectivity index (χ0) is 19.0. The van der Waals surface area contributed by atoms with Crippen LogP contribution in [0.4, 0.5) is 4.79 Å². The largest absolute Gasteiger partial charge is 0.351 e. The van der Waals surface area contributed by atoms with Gasteiger partial charge < -0.3 is 20.4 Å². The molecule has 2 aromatic rings. The Kier molecular flexibility index (Phi) is 4.46. The van der Waals surface area contributed by atoms with Gasteiger partial charge in [-0.15, -0.1) is 0 Å². The number of carbonyl (C=O) groups is 1. The normalized spacial score (nSPS) is 19.6. The summed E-state index contributed by atoms with van der Waals surface area (Å²) in [6, 6.07) is 14.1. The molecule has 2 heterocycles. The number of amides is 2. The van der Waals surface area contributed by atoms with Gasteiger partial charge in [0.15, 0.2) is 6.19 Å². The number of nitriles is 1. The van der Waals surface area contributed by atoms with Gasteiger partial charge in [-0.3, -0.25) is 0 Å². The monoisotopic (exact) mass is 361 g/mol. The van der Waals surface area contributed by atoms with Crippen LogP contribution in [0.15, 0.2) is 42.5 Å². The van der Waals surface area contributed by atoms with Crippen molar-refractivity contribution in [3.63, 3.8) is 0 Å². The molecule has 0 aromatic heterocycles. The summed E-state index contributed by atoms with van der Waals surface area (Å²) in [5.41, 5.74) is 11.4. The second kappa shape index (κ2) is 6.93. The number of carbonyl (C=O) groups excluding carboxylic acids is 1. The van der Waals surface area contributed by atoms with Gasteiger partial charge in [0, 0.05) is 19.6 Å². The lowest BCUT2D eigenvalue weighted by molar-refractivity contribution is 0.114. The van der Waals surface area contributed by atoms with Crippen LogP contribution in [-0.2, 0) is 13.1 Å². The zero-order valence-electron chi connectivity index (χ0n) is 15.4. The molecule has 2 aliphatic heterocycles. The van der Waals surface area contributed by atoms with Crippen LogP contribution in [0.25, 0.3) is 11.1 Å². The predicted octanol–water partition coefficient (Wildman–Crippen LogP) is 2.52. The molecular formula is C21H23N5O. The summed E-state index contributed by atoms with van der Waals surface area (Å²) in [6.07, 6.45) is 2.26. The molecule has 1 atom stereocenters. The highest BCUT2D eigenvalue weighted by atomic mass is 16.2. The lowest BCUT2D eigenvalue weighted by Gasteiger charge is -2.39. The molecule has 0 radical (unpaired) electrons. The minimum Gasteiger partial charge on any atom is -0.351 e. The molecule has 0 aliphatic carbocycles. The molecule has 0 bridgehead atoms. The van der Waals surface area contributed by atoms with Crippen molar-refractivity contribution in [1.82, 2.24) is 14.7 Å². The molecule has 6 nitrogen and oxygen atoms in total. The number of primary amides is 1. The van der Waals surface area contributed by atoms with Crippen molar-refractivity contribution in [3.8, 4) is 17.3 Å². The number of benzene rings is 2. The van der Waals surface area contributed by atoms with Gasteiger partial charge in [-0.2, -0.15) is 5.26 Å². The Morgan fingerprint density at radius 3 is 2.67 bits per heavy atom. The Labute approximate surface area is 159 Å². The summed E-state index contributed by atoms with van der Waals surface area (Å²) >= 11 is 0. The van der Waals surface area contributed by atoms with E-state index in [1.54, 1.807) is 9.80 Å². The lowest BCUT2D eigenvalue weighted by atomic mass is 9.91. The van der Waals surface area contributed by atoms with E-state index in [0.29, 0.717) is 19.6 Å². The molecule has 2 aliphatic rings. The van der Waals surface area contributed by atoms with Crippen LogP contribution in [0.1, 0.15) is 22.7 Å². The Morgan fingerprint density at radius 2 is 1.96 bits per heavy atom. The fourth-order valence-corrected chi connectivity index (χ4v) is 4.14. The van der Waals surface area contributed by atoms with E-state index in [1.165, 1.54) is 5.56 Å². The van der Waals surface area contributed by atoms with Crippen LogP contribution in [0.2, 0.25) is 0 Å². The van der Waals surface area contributed by atoms with Gasteiger partial charge in [-0.05, 0) is 40.9 Å². The van der Waals surface area contributed by atoms with E-state index < -0.39 is 0 Å². The van der Waals surface area contributed by atoms with Crippen LogP contribution in [0.5, 0.6) is 0 Å². The van der Waals surface area contributed by atoms with Crippen LogP contribution >= 0.6 is 0 Å². The molecular weight excluding hydrogens is 338 g/mol. The number of piperazine rings is 1. The molecule has 138 valence electrons. The smallest absolute Gasteiger partial charge is 0.315 e. The average molecular weight is 361 g/mol. The first kappa shape index (κ1) is 17.4. The number of urea groups is 1. The van der Waals surface area contributed by atoms with E-state index in [0.717, 1.165) is 35.3 Å². The summed E-state index contributed by atoms with van der Waals surface area (Å²) < 4.78 is 0. The number of hydrogen-bond acceptors (Lipinski definition) is 4. The molecule has 27 heavy (non-hydrogen) atoms. The summed E-state index contributed by atoms with van der Waals surface area (Å²) in [5.74, 6) is 0. The van der Waals surface area contributed by atoms with Crippen molar-refractivity contribution in [2.75, 3.05) is 26.7 Å². The highest BCUT2D eigenvalue weighted by molar-refractivity contribution is 5.74. The first-order valence-corrected chi connectivity index (χ1v) is 9.17. The maximum absolute atomic E-state index is 12.0. The number of fused-ring (bicyclic) bond motifs is 1. The third-order valence-corrected chi connectivity index (χ3v) is 5.55. The molecule has 1 unspecified atom stereocenters. The first-order valence-electron chi connectivity index (χ1n) is 9.17. The van der Waals surface area contributed by atoms with Crippen LogP contribution in [0, 0.1) is 11.5 Å². The molecule has 4 rings (SSSR count). The lowest BCUT2D eigenvalue weighted by Crippen LogP contribution is -2.51. The standard InChI is InChI=1S/C21H23N5O/c1-24-7-8-26(21(23)27)20(13-24)16-9-17-11-25(14-22)12-19(17)18(10-16)15-5-3-2-4-6-15/h2-6,9-10,20H,7-8,11-13H2,1H3,(H2,23,27). The van der Waals surface area contributed by atoms with Crippen LogP contribution in [-0.4, -0.2) is 47.4 Å². The van der Waals surface area contributed by atoms with Crippen molar-refractivity contribution in [2.24, 2.45) is 5.73 Å². The highest BCUT2D eigenvalue weighted by Crippen LogP contribution is 2.37. The van der Waals surface area contributed by atoms with Crippen LogP contribution in [0.3, 0.4) is 0 Å². The highest BCUT2D eigenvalue weighted by Gasteiger charge is 2.31. The summed E-state index contributed by atoms with van der Waals surface area (Å²) in [5, 5.41) is 9.37. The fraction of sp³-hybridized carbons (Fsp3) is 0.333. The number of nitrogens with zero attached hydrogens (tertiary/aromatic N) is 4. The van der Waals surface area contributed by atoms with Crippen LogP contribution < -0.4 is 5.73 Å². The van der Waals surface area contributed by atoms with Gasteiger partial charge in [0.2, 0.25) is 0 Å². The molecule has 1 fully saturated rings. The van der Waals surface area contributed by atoms with E-state index in [9.17, 15) is 10.1 Å². The number of nitrogens with two attached hydrogens (primary N) is 1. The van der Waals surface area contributed by atoms with Crippen molar-refractivity contribution in [3.05, 3.63) is 59.2 Å². The van der Waals surface area contributed by atoms with E-state index in [1.807, 2.05) is 18.2 Å². The molecule has 2 amide bonds. The average Bonchev–Trinajstić information content (AvgIpc) is 3.11. The molecule has 0 saturated carbocycles. The summed E-state index contributed by atoms with van der Waals surface area (Å²) in [4.78, 5) is 17.8. The van der Waals surface area contributed by atoms with Crippen molar-refractivity contribution in [2.45, 2.75) is 19.1 Å². The minimum absolute atomic E-state index is 0.0786. The molecule has 6 heteroatoms. The van der Waals surface area contributed by atoms with Gasteiger partial charge in [-0.25, -0.2) is 4.79 Å². The second-order valence-electron chi connectivity index (χ2n) is 7.34. The fourth-order valence-electron chi connectivity index (χ4n) is 4.14. The van der Waals surface area contributed by atoms with E-state index in [4.69, 9.17) is 5.73 Å². The van der Waals surface area contributed by atoms with Gasteiger partial charge in [0.05, 0.1) is 19.1 Å². The SMILES string of the molecule is CN1CCN(C(N)=O)C(c2cc3c(c(-c4ccccc4)c2)CN(C#N)C3)C1. The number of rotatable bonds is 2. The summed E-state index contributed by atoms with van der Waals surface area (Å²) in [7, 11) is 2.06. The van der Waals surface area contributed by atoms with Crippen molar-refractivity contribution in [1.29, 1.82) is 5.26 Å². The van der Waals surface area contributed by atoms with Crippen molar-refractivity contribution >= 4 is 6.03 Å². The first-order chi connectivity index (χ1) is 13.1. The maximum Gasteiger partial charge on any atom is 0.315 e. The van der Waals surface area contributed by atoms with Crippen molar-refractivity contribution < 1.29 is 4.79 Å². The van der Waals surface area contributed by atoms with Gasteiger partial charge in [0.1, 0.15) is 0 Å². The second-order valence-corrected chi connectivity index (χ2v) is 7.34. The van der Waals surface area contributed by atoms with E-state index in [2.05, 4.69) is 42.4 Å². The Morgan fingerprint density at radius 1 is 1.19 bits per heavy atom. The molecule has 2 N–H and O–H groups in total.